The van der Waals surface area contributed by atoms with Crippen LogP contribution in [0.2, 0.25) is 0 Å². The molecule has 3 rings (SSSR count). The van der Waals surface area contributed by atoms with Crippen LogP contribution in [0.1, 0.15) is 17.0 Å². The molecular formula is C18H18N2O3S. The second-order valence-electron chi connectivity index (χ2n) is 5.64. The normalized spacial score (nSPS) is 11.5. The molecule has 0 saturated carbocycles. The molecule has 24 heavy (non-hydrogen) atoms. The molecule has 1 aromatic heterocycles. The standard InChI is InChI=1S/C18H18N2O3S/c1-12-6-4-5-7-16(12)20-24(21,22)18-10-15(9-8-13(18)2)17-11-19-14(3)23-17/h4-11,20H,1-3H3. The average molecular weight is 342 g/mol. The van der Waals surface area contributed by atoms with Gasteiger partial charge in [-0.2, -0.15) is 0 Å². The van der Waals surface area contributed by atoms with Gasteiger partial charge < -0.3 is 4.42 Å². The molecule has 0 atom stereocenters. The summed E-state index contributed by atoms with van der Waals surface area (Å²) in [7, 11) is -3.70. The zero-order chi connectivity index (χ0) is 17.3. The van der Waals surface area contributed by atoms with Crippen LogP contribution in [0.15, 0.2) is 58.0 Å². The first-order chi connectivity index (χ1) is 11.4. The van der Waals surface area contributed by atoms with E-state index in [1.54, 1.807) is 44.3 Å². The van der Waals surface area contributed by atoms with Gasteiger partial charge in [0.15, 0.2) is 11.7 Å². The fourth-order valence-corrected chi connectivity index (χ4v) is 3.83. The Morgan fingerprint density at radius 1 is 1.00 bits per heavy atom. The van der Waals surface area contributed by atoms with Gasteiger partial charge in [0.1, 0.15) is 0 Å². The van der Waals surface area contributed by atoms with Crippen molar-refractivity contribution in [1.82, 2.24) is 4.98 Å². The highest BCUT2D eigenvalue weighted by molar-refractivity contribution is 7.92. The molecule has 6 heteroatoms. The van der Waals surface area contributed by atoms with Crippen LogP contribution in [0.5, 0.6) is 0 Å². The average Bonchev–Trinajstić information content (AvgIpc) is 2.96. The number of aromatic nitrogens is 1. The highest BCUT2D eigenvalue weighted by atomic mass is 32.2. The van der Waals surface area contributed by atoms with Crippen LogP contribution < -0.4 is 4.72 Å². The summed E-state index contributed by atoms with van der Waals surface area (Å²) >= 11 is 0. The third kappa shape index (κ3) is 3.19. The molecule has 0 spiro atoms. The van der Waals surface area contributed by atoms with E-state index in [0.717, 1.165) is 5.56 Å². The maximum absolute atomic E-state index is 12.8. The van der Waals surface area contributed by atoms with Gasteiger partial charge in [0.2, 0.25) is 0 Å². The van der Waals surface area contributed by atoms with Crippen molar-refractivity contribution in [2.45, 2.75) is 25.7 Å². The highest BCUT2D eigenvalue weighted by Gasteiger charge is 2.19. The Morgan fingerprint density at radius 3 is 2.42 bits per heavy atom. The summed E-state index contributed by atoms with van der Waals surface area (Å²) < 4.78 is 33.8. The fourth-order valence-electron chi connectivity index (χ4n) is 2.42. The second-order valence-corrected chi connectivity index (χ2v) is 7.30. The predicted octanol–water partition coefficient (Wildman–Crippen LogP) is 4.07. The Kier molecular flexibility index (Phi) is 4.15. The molecule has 1 heterocycles. The van der Waals surface area contributed by atoms with Gasteiger partial charge in [-0.1, -0.05) is 30.3 Å². The lowest BCUT2D eigenvalue weighted by Gasteiger charge is -2.13. The van der Waals surface area contributed by atoms with Gasteiger partial charge in [0.05, 0.1) is 16.8 Å². The number of nitrogens with zero attached hydrogens (tertiary/aromatic N) is 1. The molecule has 3 aromatic rings. The van der Waals surface area contributed by atoms with Crippen molar-refractivity contribution in [1.29, 1.82) is 0 Å². The largest absolute Gasteiger partial charge is 0.441 e. The molecule has 2 aromatic carbocycles. The summed E-state index contributed by atoms with van der Waals surface area (Å²) in [5.74, 6) is 1.08. The minimum Gasteiger partial charge on any atom is -0.441 e. The van der Waals surface area contributed by atoms with Crippen molar-refractivity contribution < 1.29 is 12.8 Å². The van der Waals surface area contributed by atoms with Crippen LogP contribution in [-0.4, -0.2) is 13.4 Å². The SMILES string of the molecule is Cc1ncc(-c2ccc(C)c(S(=O)(=O)Nc3ccccc3C)c2)o1. The molecule has 1 N–H and O–H groups in total. The van der Waals surface area contributed by atoms with Crippen molar-refractivity contribution in [3.8, 4) is 11.3 Å². The minimum absolute atomic E-state index is 0.220. The van der Waals surface area contributed by atoms with Gasteiger partial charge >= 0.3 is 0 Å². The lowest BCUT2D eigenvalue weighted by molar-refractivity contribution is 0.534. The van der Waals surface area contributed by atoms with Gasteiger partial charge in [0.25, 0.3) is 10.0 Å². The molecule has 0 aliphatic rings. The Morgan fingerprint density at radius 2 is 1.75 bits per heavy atom. The Labute approximate surface area is 141 Å². The smallest absolute Gasteiger partial charge is 0.262 e. The number of nitrogens with one attached hydrogen (secondary N) is 1. The molecule has 0 radical (unpaired) electrons. The van der Waals surface area contributed by atoms with Crippen LogP contribution in [-0.2, 0) is 10.0 Å². The summed E-state index contributed by atoms with van der Waals surface area (Å²) in [6.07, 6.45) is 1.59. The Hall–Kier alpha value is -2.60. The summed E-state index contributed by atoms with van der Waals surface area (Å²) in [6.45, 7) is 5.37. The third-order valence-corrected chi connectivity index (χ3v) is 5.28. The predicted molar refractivity (Wildman–Crippen MR) is 93.4 cm³/mol. The third-order valence-electron chi connectivity index (χ3n) is 3.77. The van der Waals surface area contributed by atoms with Crippen molar-refractivity contribution in [3.05, 3.63) is 65.7 Å². The molecule has 0 saturated heterocycles. The monoisotopic (exact) mass is 342 g/mol. The van der Waals surface area contributed by atoms with Crippen molar-refractivity contribution >= 4 is 15.7 Å². The first kappa shape index (κ1) is 16.3. The van der Waals surface area contributed by atoms with Gasteiger partial charge in [-0.05, 0) is 37.1 Å². The zero-order valence-electron chi connectivity index (χ0n) is 13.7. The maximum Gasteiger partial charge on any atom is 0.262 e. The van der Waals surface area contributed by atoms with Gasteiger partial charge in [-0.25, -0.2) is 13.4 Å². The number of para-hydroxylation sites is 1. The number of oxazole rings is 1. The summed E-state index contributed by atoms with van der Waals surface area (Å²) in [5, 5.41) is 0. The van der Waals surface area contributed by atoms with Gasteiger partial charge in [-0.3, -0.25) is 4.72 Å². The maximum atomic E-state index is 12.8. The van der Waals surface area contributed by atoms with Crippen LogP contribution in [0.25, 0.3) is 11.3 Å². The number of rotatable bonds is 4. The van der Waals surface area contributed by atoms with Crippen LogP contribution in [0.3, 0.4) is 0 Å². The second kappa shape index (κ2) is 6.13. The van der Waals surface area contributed by atoms with E-state index >= 15 is 0 Å². The molecule has 5 nitrogen and oxygen atoms in total. The van der Waals surface area contributed by atoms with Gasteiger partial charge in [-0.15, -0.1) is 0 Å². The molecule has 0 fully saturated rings. The van der Waals surface area contributed by atoms with Crippen molar-refractivity contribution in [3.63, 3.8) is 0 Å². The Balaban J connectivity index is 2.03. The van der Waals surface area contributed by atoms with E-state index in [0.29, 0.717) is 28.5 Å². The van der Waals surface area contributed by atoms with E-state index in [1.165, 1.54) is 0 Å². The number of sulfonamides is 1. The highest BCUT2D eigenvalue weighted by Crippen LogP contribution is 2.27. The molecular weight excluding hydrogens is 324 g/mol. The number of hydrogen-bond acceptors (Lipinski definition) is 4. The number of hydrogen-bond donors (Lipinski definition) is 1. The zero-order valence-corrected chi connectivity index (χ0v) is 14.5. The summed E-state index contributed by atoms with van der Waals surface area (Å²) in [4.78, 5) is 4.27. The van der Waals surface area contributed by atoms with Crippen LogP contribution in [0.4, 0.5) is 5.69 Å². The molecule has 0 unspecified atom stereocenters. The number of anilines is 1. The Bertz CT molecular complexity index is 991. The molecule has 0 aliphatic carbocycles. The first-order valence-corrected chi connectivity index (χ1v) is 8.97. The van der Waals surface area contributed by atoms with E-state index in [-0.39, 0.29) is 4.90 Å². The van der Waals surface area contributed by atoms with E-state index in [4.69, 9.17) is 4.42 Å². The van der Waals surface area contributed by atoms with Gasteiger partial charge in [0, 0.05) is 12.5 Å². The van der Waals surface area contributed by atoms with E-state index in [9.17, 15) is 8.42 Å². The fraction of sp³-hybridized carbons (Fsp3) is 0.167. The van der Waals surface area contributed by atoms with E-state index < -0.39 is 10.0 Å². The van der Waals surface area contributed by atoms with Crippen molar-refractivity contribution in [2.24, 2.45) is 0 Å². The number of benzene rings is 2. The summed E-state index contributed by atoms with van der Waals surface area (Å²) in [6, 6.07) is 12.5. The van der Waals surface area contributed by atoms with Crippen LogP contribution >= 0.6 is 0 Å². The number of aryl methyl sites for hydroxylation is 3. The van der Waals surface area contributed by atoms with E-state index in [1.807, 2.05) is 25.1 Å². The minimum atomic E-state index is -3.70. The lowest BCUT2D eigenvalue weighted by atomic mass is 10.1. The lowest BCUT2D eigenvalue weighted by Crippen LogP contribution is -2.15. The van der Waals surface area contributed by atoms with Crippen molar-refractivity contribution in [2.75, 3.05) is 4.72 Å². The molecule has 0 amide bonds. The molecule has 0 bridgehead atoms. The first-order valence-electron chi connectivity index (χ1n) is 7.49. The molecule has 0 aliphatic heterocycles. The quantitative estimate of drug-likeness (QED) is 0.776. The van der Waals surface area contributed by atoms with E-state index in [2.05, 4.69) is 9.71 Å². The van der Waals surface area contributed by atoms with Crippen LogP contribution in [0, 0.1) is 20.8 Å². The molecule has 124 valence electrons. The topological polar surface area (TPSA) is 72.2 Å². The summed E-state index contributed by atoms with van der Waals surface area (Å²) in [5.41, 5.74) is 2.76.